The van der Waals surface area contributed by atoms with Crippen LogP contribution < -0.4 is 5.32 Å². The third-order valence-corrected chi connectivity index (χ3v) is 3.44. The fraction of sp³-hybridized carbons (Fsp3) is 1.00. The minimum absolute atomic E-state index is 0.997. The molecule has 0 bridgehead atoms. The summed E-state index contributed by atoms with van der Waals surface area (Å²) in [7, 11) is 0. The molecular formula is C10H19N. The summed E-state index contributed by atoms with van der Waals surface area (Å²) in [6.45, 7) is 5.00. The molecule has 0 radical (unpaired) electrons. The smallest absolute Gasteiger partial charge is 0.00179 e. The number of rotatable bonds is 2. The molecule has 0 aromatic heterocycles. The van der Waals surface area contributed by atoms with Crippen LogP contribution in [-0.2, 0) is 0 Å². The molecular weight excluding hydrogens is 134 g/mol. The SMILES string of the molecule is CC(C1CC1)C1CCCNC1. The highest BCUT2D eigenvalue weighted by Crippen LogP contribution is 2.41. The van der Waals surface area contributed by atoms with Crippen LogP contribution in [0, 0.1) is 17.8 Å². The van der Waals surface area contributed by atoms with Crippen molar-refractivity contribution < 1.29 is 0 Å². The first-order valence-corrected chi connectivity index (χ1v) is 5.08. The quantitative estimate of drug-likeness (QED) is 0.640. The molecule has 11 heavy (non-hydrogen) atoms. The van der Waals surface area contributed by atoms with Crippen molar-refractivity contribution in [2.24, 2.45) is 17.8 Å². The Morgan fingerprint density at radius 2 is 2.00 bits per heavy atom. The third-order valence-electron chi connectivity index (χ3n) is 3.44. The summed E-state index contributed by atoms with van der Waals surface area (Å²) in [5.41, 5.74) is 0. The predicted octanol–water partition coefficient (Wildman–Crippen LogP) is 2.03. The van der Waals surface area contributed by atoms with Crippen molar-refractivity contribution in [3.05, 3.63) is 0 Å². The van der Waals surface area contributed by atoms with Gasteiger partial charge in [0.1, 0.15) is 0 Å². The average Bonchev–Trinajstić information content (AvgIpc) is 2.87. The molecule has 2 fully saturated rings. The van der Waals surface area contributed by atoms with E-state index in [1.54, 1.807) is 0 Å². The third kappa shape index (κ3) is 1.76. The molecule has 1 N–H and O–H groups in total. The van der Waals surface area contributed by atoms with Gasteiger partial charge in [0.2, 0.25) is 0 Å². The van der Waals surface area contributed by atoms with E-state index in [0.29, 0.717) is 0 Å². The molecule has 64 valence electrons. The standard InChI is InChI=1S/C10H19N/c1-8(9-4-5-9)10-3-2-6-11-7-10/h8-11H,2-7H2,1H3. The minimum Gasteiger partial charge on any atom is -0.316 e. The zero-order valence-electron chi connectivity index (χ0n) is 7.47. The van der Waals surface area contributed by atoms with Crippen LogP contribution >= 0.6 is 0 Å². The molecule has 1 saturated carbocycles. The molecule has 2 unspecified atom stereocenters. The molecule has 2 aliphatic rings. The van der Waals surface area contributed by atoms with Crippen molar-refractivity contribution in [2.45, 2.75) is 32.6 Å². The second kappa shape index (κ2) is 3.14. The van der Waals surface area contributed by atoms with Crippen LogP contribution in [0.2, 0.25) is 0 Å². The molecule has 2 atom stereocenters. The zero-order chi connectivity index (χ0) is 7.68. The zero-order valence-corrected chi connectivity index (χ0v) is 7.47. The number of hydrogen-bond acceptors (Lipinski definition) is 1. The molecule has 2 rings (SSSR count). The van der Waals surface area contributed by atoms with Crippen LogP contribution in [0.5, 0.6) is 0 Å². The summed E-state index contributed by atoms with van der Waals surface area (Å²) in [5.74, 6) is 3.10. The van der Waals surface area contributed by atoms with Gasteiger partial charge in [0.15, 0.2) is 0 Å². The fourth-order valence-corrected chi connectivity index (χ4v) is 2.33. The maximum Gasteiger partial charge on any atom is -0.00179 e. The lowest BCUT2D eigenvalue weighted by Gasteiger charge is -2.28. The van der Waals surface area contributed by atoms with E-state index in [1.165, 1.54) is 38.8 Å². The van der Waals surface area contributed by atoms with E-state index in [9.17, 15) is 0 Å². The monoisotopic (exact) mass is 153 g/mol. The van der Waals surface area contributed by atoms with E-state index in [4.69, 9.17) is 0 Å². The van der Waals surface area contributed by atoms with Crippen LogP contribution in [0.15, 0.2) is 0 Å². The fourth-order valence-electron chi connectivity index (χ4n) is 2.33. The van der Waals surface area contributed by atoms with E-state index in [-0.39, 0.29) is 0 Å². The molecule has 1 aliphatic carbocycles. The predicted molar refractivity (Wildman–Crippen MR) is 47.5 cm³/mol. The Bertz CT molecular complexity index is 123. The average molecular weight is 153 g/mol. The van der Waals surface area contributed by atoms with E-state index in [0.717, 1.165) is 17.8 Å². The van der Waals surface area contributed by atoms with Crippen molar-refractivity contribution in [3.8, 4) is 0 Å². The highest BCUT2D eigenvalue weighted by Gasteiger charge is 2.33. The molecule has 1 heteroatoms. The largest absolute Gasteiger partial charge is 0.316 e. The summed E-state index contributed by atoms with van der Waals surface area (Å²) in [5, 5.41) is 3.50. The first kappa shape index (κ1) is 7.60. The van der Waals surface area contributed by atoms with Crippen LogP contribution in [-0.4, -0.2) is 13.1 Å². The second-order valence-corrected chi connectivity index (χ2v) is 4.30. The first-order chi connectivity index (χ1) is 5.38. The molecule has 1 nitrogen and oxygen atoms in total. The van der Waals surface area contributed by atoms with Gasteiger partial charge in [0.25, 0.3) is 0 Å². The van der Waals surface area contributed by atoms with E-state index in [2.05, 4.69) is 12.2 Å². The summed E-state index contributed by atoms with van der Waals surface area (Å²) in [4.78, 5) is 0. The van der Waals surface area contributed by atoms with Gasteiger partial charge in [0.05, 0.1) is 0 Å². The van der Waals surface area contributed by atoms with Crippen molar-refractivity contribution in [1.82, 2.24) is 5.32 Å². The van der Waals surface area contributed by atoms with Gasteiger partial charge in [-0.05, 0) is 56.5 Å². The van der Waals surface area contributed by atoms with Crippen LogP contribution in [0.3, 0.4) is 0 Å². The summed E-state index contributed by atoms with van der Waals surface area (Å²) < 4.78 is 0. The Hall–Kier alpha value is -0.0400. The van der Waals surface area contributed by atoms with Gasteiger partial charge in [-0.25, -0.2) is 0 Å². The first-order valence-electron chi connectivity index (χ1n) is 5.08. The van der Waals surface area contributed by atoms with Gasteiger partial charge >= 0.3 is 0 Å². The highest BCUT2D eigenvalue weighted by molar-refractivity contribution is 4.85. The Kier molecular flexibility index (Phi) is 2.17. The number of nitrogens with one attached hydrogen (secondary N) is 1. The topological polar surface area (TPSA) is 12.0 Å². The summed E-state index contributed by atoms with van der Waals surface area (Å²) in [6, 6.07) is 0. The Labute approximate surface area is 69.6 Å². The molecule has 0 spiro atoms. The molecule has 0 aromatic carbocycles. The molecule has 1 heterocycles. The van der Waals surface area contributed by atoms with Gasteiger partial charge < -0.3 is 5.32 Å². The maximum absolute atomic E-state index is 3.50. The van der Waals surface area contributed by atoms with Crippen molar-refractivity contribution in [2.75, 3.05) is 13.1 Å². The lowest BCUT2D eigenvalue weighted by Crippen LogP contribution is -2.33. The van der Waals surface area contributed by atoms with Crippen LogP contribution in [0.4, 0.5) is 0 Å². The van der Waals surface area contributed by atoms with Gasteiger partial charge in [-0.3, -0.25) is 0 Å². The second-order valence-electron chi connectivity index (χ2n) is 4.30. The maximum atomic E-state index is 3.50. The van der Waals surface area contributed by atoms with Crippen molar-refractivity contribution >= 4 is 0 Å². The van der Waals surface area contributed by atoms with E-state index >= 15 is 0 Å². The van der Waals surface area contributed by atoms with Gasteiger partial charge in [-0.15, -0.1) is 0 Å². The van der Waals surface area contributed by atoms with E-state index < -0.39 is 0 Å². The molecule has 1 saturated heterocycles. The Morgan fingerprint density at radius 3 is 2.55 bits per heavy atom. The molecule has 0 amide bonds. The Morgan fingerprint density at radius 1 is 1.18 bits per heavy atom. The van der Waals surface area contributed by atoms with Crippen molar-refractivity contribution in [1.29, 1.82) is 0 Å². The molecule has 1 aliphatic heterocycles. The van der Waals surface area contributed by atoms with Gasteiger partial charge in [-0.2, -0.15) is 0 Å². The normalized spacial score (nSPS) is 35.2. The summed E-state index contributed by atoms with van der Waals surface area (Å²) >= 11 is 0. The van der Waals surface area contributed by atoms with Crippen molar-refractivity contribution in [3.63, 3.8) is 0 Å². The number of hydrogen-bond donors (Lipinski definition) is 1. The highest BCUT2D eigenvalue weighted by atomic mass is 14.9. The lowest BCUT2D eigenvalue weighted by molar-refractivity contribution is 0.256. The Balaban J connectivity index is 1.81. The van der Waals surface area contributed by atoms with Gasteiger partial charge in [-0.1, -0.05) is 6.92 Å². The van der Waals surface area contributed by atoms with Crippen LogP contribution in [0.1, 0.15) is 32.6 Å². The van der Waals surface area contributed by atoms with E-state index in [1.807, 2.05) is 0 Å². The lowest BCUT2D eigenvalue weighted by atomic mass is 9.84. The van der Waals surface area contributed by atoms with Gasteiger partial charge in [0, 0.05) is 0 Å². The minimum atomic E-state index is 0.997. The summed E-state index contributed by atoms with van der Waals surface area (Å²) in [6.07, 6.45) is 5.90. The number of piperidine rings is 1. The van der Waals surface area contributed by atoms with Crippen LogP contribution in [0.25, 0.3) is 0 Å². The molecule has 0 aromatic rings.